The van der Waals surface area contributed by atoms with Gasteiger partial charge in [0.2, 0.25) is 0 Å². The third kappa shape index (κ3) is 14.5. The minimum absolute atomic E-state index is 0.254. The van der Waals surface area contributed by atoms with Crippen LogP contribution in [0.2, 0.25) is 13.1 Å². The van der Waals surface area contributed by atoms with Crippen LogP contribution in [0.5, 0.6) is 0 Å². The molecule has 0 spiro atoms. The van der Waals surface area contributed by atoms with Crippen LogP contribution in [0.4, 0.5) is 0 Å². The molecule has 4 heteroatoms. The summed E-state index contributed by atoms with van der Waals surface area (Å²) in [6, 6.07) is 17.2. The molecule has 24 heavy (non-hydrogen) atoms. The van der Waals surface area contributed by atoms with Crippen molar-refractivity contribution in [2.45, 2.75) is 65.5 Å². The fourth-order valence-electron chi connectivity index (χ4n) is 1.92. The van der Waals surface area contributed by atoms with Crippen molar-refractivity contribution in [2.75, 3.05) is 0 Å². The van der Waals surface area contributed by atoms with Crippen LogP contribution in [-0.4, -0.2) is 6.19 Å². The SMILES string of the molecule is CCCCc1ccc[cH-]1.CCCCc1ccc[cH-]1.C[Si](C)=[Ti]([Cl])[Cl]. The molecule has 0 fully saturated rings. The summed E-state index contributed by atoms with van der Waals surface area (Å²) in [6.45, 7) is 8.76. The van der Waals surface area contributed by atoms with Gasteiger partial charge in [0.1, 0.15) is 0 Å². The van der Waals surface area contributed by atoms with E-state index in [0.717, 1.165) is 0 Å². The van der Waals surface area contributed by atoms with Crippen molar-refractivity contribution in [1.29, 1.82) is 0 Å². The summed E-state index contributed by atoms with van der Waals surface area (Å²) in [6.07, 6.45) is 7.49. The standard InChI is InChI=1S/2C9H13.C2H6Si.2ClH.Ti/c2*1-2-3-6-9-7-4-5-8-9;1-3-2;;;/h2*4-5,7-8H,2-3,6H2,1H3;1-2H3;2*1H;/q2*-1;;;;+2/p-2. The van der Waals surface area contributed by atoms with Crippen molar-refractivity contribution in [3.63, 3.8) is 0 Å². The number of unbranched alkanes of at least 4 members (excludes halogenated alkanes) is 2. The van der Waals surface area contributed by atoms with Crippen LogP contribution in [0.1, 0.15) is 50.7 Å². The molecule has 0 amide bonds. The predicted octanol–water partition coefficient (Wildman–Crippen LogP) is 7.66. The van der Waals surface area contributed by atoms with Gasteiger partial charge in [-0.25, -0.2) is 24.3 Å². The quantitative estimate of drug-likeness (QED) is 0.333. The first kappa shape index (κ1) is 24.2. The Kier molecular flexibility index (Phi) is 16.8. The van der Waals surface area contributed by atoms with Gasteiger partial charge in [0.25, 0.3) is 0 Å². The van der Waals surface area contributed by atoms with Gasteiger partial charge in [-0.05, 0) is 0 Å². The average molecular weight is 419 g/mol. The molecule has 0 saturated carbocycles. The zero-order valence-electron chi connectivity index (χ0n) is 15.6. The fraction of sp³-hybridized carbons (Fsp3) is 0.500. The van der Waals surface area contributed by atoms with Crippen LogP contribution < -0.4 is 0 Å². The van der Waals surface area contributed by atoms with Gasteiger partial charge in [-0.1, -0.05) is 52.4 Å². The van der Waals surface area contributed by atoms with E-state index in [9.17, 15) is 0 Å². The molecule has 2 aromatic rings. The number of aryl methyl sites for hydroxylation is 2. The van der Waals surface area contributed by atoms with E-state index in [1.807, 2.05) is 0 Å². The number of halogens is 2. The second kappa shape index (κ2) is 16.7. The van der Waals surface area contributed by atoms with Gasteiger partial charge in [0.05, 0.1) is 0 Å². The van der Waals surface area contributed by atoms with Crippen molar-refractivity contribution in [2.24, 2.45) is 0 Å². The zero-order valence-corrected chi connectivity index (χ0v) is 19.7. The molecule has 0 heterocycles. The molecule has 0 atom stereocenters. The molecule has 0 N–H and O–H groups in total. The Morgan fingerprint density at radius 3 is 1.46 bits per heavy atom. The van der Waals surface area contributed by atoms with Crippen molar-refractivity contribution in [1.82, 2.24) is 0 Å². The monoisotopic (exact) mass is 418 g/mol. The van der Waals surface area contributed by atoms with E-state index in [-0.39, 0.29) is 6.19 Å². The molecule has 0 aromatic heterocycles. The molecule has 136 valence electrons. The Hall–Kier alpha value is 0.211. The van der Waals surface area contributed by atoms with Crippen LogP contribution in [0, 0.1) is 0 Å². The third-order valence-electron chi connectivity index (χ3n) is 3.48. The molecular formula is C20H32Cl2SiTi-2. The Morgan fingerprint density at radius 2 is 1.25 bits per heavy atom. The summed E-state index contributed by atoms with van der Waals surface area (Å²) >= 11 is -1.42. The molecule has 0 bridgehead atoms. The summed E-state index contributed by atoms with van der Waals surface area (Å²) in [4.78, 5) is 0. The Balaban J connectivity index is 0.000000340. The van der Waals surface area contributed by atoms with E-state index in [1.54, 1.807) is 0 Å². The van der Waals surface area contributed by atoms with Crippen LogP contribution in [0.25, 0.3) is 0 Å². The predicted molar refractivity (Wildman–Crippen MR) is 110 cm³/mol. The van der Waals surface area contributed by atoms with Crippen LogP contribution in [0.15, 0.2) is 48.5 Å². The third-order valence-corrected chi connectivity index (χ3v) is 17.1. The molecule has 0 radical (unpaired) electrons. The van der Waals surface area contributed by atoms with E-state index in [1.165, 1.54) is 49.7 Å². The van der Waals surface area contributed by atoms with Gasteiger partial charge in [-0.2, -0.15) is 35.4 Å². The van der Waals surface area contributed by atoms with Gasteiger partial charge in [0, 0.05) is 0 Å². The van der Waals surface area contributed by atoms with Gasteiger partial charge in [-0.15, -0.1) is 0 Å². The fourth-order valence-corrected chi connectivity index (χ4v) is 1.92. The normalized spacial score (nSPS) is 9.42. The first-order chi connectivity index (χ1) is 11.5. The summed E-state index contributed by atoms with van der Waals surface area (Å²) in [5, 5.41) is 0. The van der Waals surface area contributed by atoms with Gasteiger partial charge in [-0.3, -0.25) is 0 Å². The van der Waals surface area contributed by atoms with E-state index in [2.05, 4.69) is 75.5 Å². The summed E-state index contributed by atoms with van der Waals surface area (Å²) in [5.41, 5.74) is 2.97. The minimum atomic E-state index is -1.42. The van der Waals surface area contributed by atoms with Crippen molar-refractivity contribution < 1.29 is 14.5 Å². The van der Waals surface area contributed by atoms with E-state index in [0.29, 0.717) is 0 Å². The van der Waals surface area contributed by atoms with Gasteiger partial charge >= 0.3 is 52.4 Å². The average Bonchev–Trinajstić information content (AvgIpc) is 3.25. The first-order valence-electron chi connectivity index (χ1n) is 8.90. The van der Waals surface area contributed by atoms with E-state index < -0.39 is 14.5 Å². The molecule has 0 saturated heterocycles. The summed E-state index contributed by atoms with van der Waals surface area (Å²) < 4.78 is 0. The maximum atomic E-state index is 5.59. The second-order valence-corrected chi connectivity index (χ2v) is 22.1. The van der Waals surface area contributed by atoms with Gasteiger partial charge in [0.15, 0.2) is 0 Å². The zero-order chi connectivity index (χ0) is 18.2. The molecule has 0 aliphatic rings. The maximum absolute atomic E-state index is 5.59. The van der Waals surface area contributed by atoms with E-state index >= 15 is 0 Å². The number of hydrogen-bond donors (Lipinski definition) is 0. The van der Waals surface area contributed by atoms with Crippen LogP contribution in [0.3, 0.4) is 0 Å². The molecule has 0 aliphatic heterocycles. The molecule has 0 aliphatic carbocycles. The summed E-state index contributed by atoms with van der Waals surface area (Å²) in [7, 11) is 11.2. The van der Waals surface area contributed by atoms with Crippen LogP contribution >= 0.6 is 18.6 Å². The van der Waals surface area contributed by atoms with Gasteiger partial charge < -0.3 is 0 Å². The molecular weight excluding hydrogens is 387 g/mol. The first-order valence-corrected chi connectivity index (χ1v) is 18.0. The van der Waals surface area contributed by atoms with E-state index in [4.69, 9.17) is 18.6 Å². The van der Waals surface area contributed by atoms with Crippen LogP contribution in [-0.2, 0) is 27.3 Å². The molecule has 2 aromatic carbocycles. The Morgan fingerprint density at radius 1 is 0.875 bits per heavy atom. The van der Waals surface area contributed by atoms with Crippen molar-refractivity contribution in [3.05, 3.63) is 59.7 Å². The molecule has 2 rings (SSSR count). The van der Waals surface area contributed by atoms with Crippen molar-refractivity contribution >= 4 is 24.8 Å². The summed E-state index contributed by atoms with van der Waals surface area (Å²) in [5.74, 6) is 0. The second-order valence-electron chi connectivity index (χ2n) is 6.05. The Labute approximate surface area is 163 Å². The molecule has 0 nitrogen and oxygen atoms in total. The topological polar surface area (TPSA) is 0 Å². The number of rotatable bonds is 6. The number of hydrogen-bond acceptors (Lipinski definition) is 0. The molecule has 0 unspecified atom stereocenters. The Bertz CT molecular complexity index is 460. The van der Waals surface area contributed by atoms with Crippen molar-refractivity contribution in [3.8, 4) is 0 Å².